The molecule has 12 heavy (non-hydrogen) atoms. The summed E-state index contributed by atoms with van der Waals surface area (Å²) in [4.78, 5) is 0.271. The van der Waals surface area contributed by atoms with E-state index in [1.807, 2.05) is 0 Å². The van der Waals surface area contributed by atoms with Crippen molar-refractivity contribution in [3.05, 3.63) is 36.6 Å². The van der Waals surface area contributed by atoms with E-state index in [-0.39, 0.29) is 4.90 Å². The van der Waals surface area contributed by atoms with E-state index in [2.05, 4.69) is 12.4 Å². The third kappa shape index (κ3) is 1.92. The van der Waals surface area contributed by atoms with Gasteiger partial charge in [-0.15, -0.1) is 5.69 Å². The minimum atomic E-state index is -3.12. The van der Waals surface area contributed by atoms with Crippen molar-refractivity contribution in [3.63, 3.8) is 0 Å². The molecule has 64 valence electrons. The maximum atomic E-state index is 11.0. The Bertz CT molecular complexity index is 370. The van der Waals surface area contributed by atoms with E-state index in [1.54, 1.807) is 12.1 Å². The second-order valence-corrected chi connectivity index (χ2v) is 4.44. The predicted molar refractivity (Wildman–Crippen MR) is 47.9 cm³/mol. The number of sulfone groups is 1. The first-order valence-electron chi connectivity index (χ1n) is 3.31. The molecular weight excluding hydrogens is 174 g/mol. The molecule has 0 aromatic heterocycles. The van der Waals surface area contributed by atoms with Crippen LogP contribution in [0.3, 0.4) is 0 Å². The van der Waals surface area contributed by atoms with Crippen molar-refractivity contribution in [2.45, 2.75) is 4.90 Å². The molecule has 1 aromatic rings. The van der Waals surface area contributed by atoms with E-state index >= 15 is 0 Å². The maximum absolute atomic E-state index is 11.0. The Morgan fingerprint density at radius 3 is 2.58 bits per heavy atom. The van der Waals surface area contributed by atoms with Crippen LogP contribution in [-0.2, 0) is 9.84 Å². The molecule has 0 atom stereocenters. The molecule has 1 aromatic carbocycles. The van der Waals surface area contributed by atoms with Gasteiger partial charge in [-0.25, -0.2) is 8.42 Å². The lowest BCUT2D eigenvalue weighted by Gasteiger charge is -2.07. The molecule has 0 radical (unpaired) electrons. The molecule has 0 amide bonds. The summed E-state index contributed by atoms with van der Waals surface area (Å²) in [7, 11) is 0.186. The van der Waals surface area contributed by atoms with Gasteiger partial charge in [0.05, 0.1) is 4.90 Å². The zero-order chi connectivity index (χ0) is 9.19. The molecular formula is C8H9NO2S. The van der Waals surface area contributed by atoms with E-state index in [4.69, 9.17) is 0 Å². The topological polar surface area (TPSA) is 48.2 Å². The maximum Gasteiger partial charge on any atom is 0.175 e. The Hall–Kier alpha value is -1.16. The quantitative estimate of drug-likeness (QED) is 0.657. The Kier molecular flexibility index (Phi) is 2.28. The van der Waals surface area contributed by atoms with Gasteiger partial charge >= 0.3 is 0 Å². The van der Waals surface area contributed by atoms with Crippen LogP contribution in [0.25, 0.3) is 5.32 Å². The zero-order valence-corrected chi connectivity index (χ0v) is 7.50. The second-order valence-electron chi connectivity index (χ2n) is 2.43. The van der Waals surface area contributed by atoms with Gasteiger partial charge in [0.1, 0.15) is 0 Å². The van der Waals surface area contributed by atoms with E-state index in [0.717, 1.165) is 6.26 Å². The van der Waals surface area contributed by atoms with Gasteiger partial charge in [0.25, 0.3) is 0 Å². The van der Waals surface area contributed by atoms with Crippen LogP contribution in [0.5, 0.6) is 0 Å². The smallest absolute Gasteiger partial charge is 0.175 e. The van der Waals surface area contributed by atoms with E-state index in [1.165, 1.54) is 12.1 Å². The van der Waals surface area contributed by atoms with Crippen molar-refractivity contribution in [2.75, 3.05) is 6.26 Å². The SMILES string of the molecule is [CH2+][N-]c1cccc(S(C)(=O)=O)c1. The van der Waals surface area contributed by atoms with Crippen molar-refractivity contribution in [1.29, 1.82) is 0 Å². The van der Waals surface area contributed by atoms with Crippen LogP contribution in [0, 0.1) is 7.05 Å². The van der Waals surface area contributed by atoms with Crippen LogP contribution in [0.2, 0.25) is 0 Å². The summed E-state index contributed by atoms with van der Waals surface area (Å²) in [5.74, 6) is 0. The molecule has 0 unspecified atom stereocenters. The first kappa shape index (κ1) is 8.93. The number of rotatable bonds is 2. The number of hydrogen-bond donors (Lipinski definition) is 0. The van der Waals surface area contributed by atoms with Gasteiger partial charge in [0.2, 0.25) is 0 Å². The van der Waals surface area contributed by atoms with Crippen LogP contribution in [-0.4, -0.2) is 14.7 Å². The lowest BCUT2D eigenvalue weighted by atomic mass is 10.3. The third-order valence-electron chi connectivity index (χ3n) is 1.43. The highest BCUT2D eigenvalue weighted by atomic mass is 32.2. The fraction of sp³-hybridized carbons (Fsp3) is 0.125. The summed E-state index contributed by atoms with van der Waals surface area (Å²) in [6.45, 7) is 0. The summed E-state index contributed by atoms with van der Waals surface area (Å²) >= 11 is 0. The Balaban J connectivity index is 3.20. The molecule has 0 N–H and O–H groups in total. The minimum Gasteiger partial charge on any atom is -0.491 e. The molecule has 0 aliphatic rings. The normalized spacial score (nSPS) is 11.1. The highest BCUT2D eigenvalue weighted by molar-refractivity contribution is 7.90. The molecule has 0 spiro atoms. The van der Waals surface area contributed by atoms with Gasteiger partial charge in [0.15, 0.2) is 9.84 Å². The largest absolute Gasteiger partial charge is 0.491 e. The van der Waals surface area contributed by atoms with Gasteiger partial charge in [-0.1, -0.05) is 18.2 Å². The van der Waals surface area contributed by atoms with Crippen molar-refractivity contribution in [1.82, 2.24) is 0 Å². The number of hydrogen-bond acceptors (Lipinski definition) is 2. The highest BCUT2D eigenvalue weighted by Gasteiger charge is 2.04. The molecule has 0 aliphatic carbocycles. The van der Waals surface area contributed by atoms with Crippen molar-refractivity contribution >= 4 is 15.5 Å². The fourth-order valence-corrected chi connectivity index (χ4v) is 1.47. The van der Waals surface area contributed by atoms with Crippen molar-refractivity contribution in [2.24, 2.45) is 0 Å². The van der Waals surface area contributed by atoms with E-state index in [9.17, 15) is 8.42 Å². The molecule has 0 saturated carbocycles. The Labute approximate surface area is 72.3 Å². The Morgan fingerprint density at radius 1 is 1.42 bits per heavy atom. The standard InChI is InChI=1S/C8H9NO2S/c1-9-7-4-3-5-8(6-7)12(2,10)11/h3-6H,1H2,2H3. The highest BCUT2D eigenvalue weighted by Crippen LogP contribution is 2.20. The number of benzene rings is 1. The monoisotopic (exact) mass is 183 g/mol. The summed E-state index contributed by atoms with van der Waals surface area (Å²) < 4.78 is 22.1. The predicted octanol–water partition coefficient (Wildman–Crippen LogP) is 1.89. The Morgan fingerprint density at radius 2 is 2.08 bits per heavy atom. The third-order valence-corrected chi connectivity index (χ3v) is 2.54. The first-order chi connectivity index (χ1) is 5.54. The summed E-state index contributed by atoms with van der Waals surface area (Å²) in [5.41, 5.74) is 0.568. The first-order valence-corrected chi connectivity index (χ1v) is 5.20. The van der Waals surface area contributed by atoms with Crippen LogP contribution in [0.1, 0.15) is 0 Å². The van der Waals surface area contributed by atoms with Gasteiger partial charge in [-0.2, -0.15) is 0 Å². The average Bonchev–Trinajstić information content (AvgIpc) is 2.03. The molecule has 0 heterocycles. The second kappa shape index (κ2) is 3.06. The number of nitrogens with zero attached hydrogens (tertiary/aromatic N) is 1. The minimum absolute atomic E-state index is 0.271. The van der Waals surface area contributed by atoms with Crippen molar-refractivity contribution < 1.29 is 8.42 Å². The zero-order valence-electron chi connectivity index (χ0n) is 6.69. The van der Waals surface area contributed by atoms with E-state index < -0.39 is 9.84 Å². The van der Waals surface area contributed by atoms with E-state index in [0.29, 0.717) is 5.69 Å². The molecule has 0 bridgehead atoms. The fourth-order valence-electron chi connectivity index (χ4n) is 0.813. The molecule has 0 saturated heterocycles. The average molecular weight is 183 g/mol. The molecule has 0 fully saturated rings. The lowest BCUT2D eigenvalue weighted by molar-refractivity contribution is 0.602. The molecule has 0 aliphatic heterocycles. The molecule has 4 heteroatoms. The van der Waals surface area contributed by atoms with Crippen LogP contribution in [0.15, 0.2) is 29.2 Å². The van der Waals surface area contributed by atoms with Crippen LogP contribution >= 0.6 is 0 Å². The van der Waals surface area contributed by atoms with Crippen molar-refractivity contribution in [3.8, 4) is 0 Å². The van der Waals surface area contributed by atoms with Gasteiger partial charge in [0, 0.05) is 13.3 Å². The van der Waals surface area contributed by atoms with Gasteiger partial charge in [-0.3, -0.25) is 0 Å². The van der Waals surface area contributed by atoms with Crippen LogP contribution in [0.4, 0.5) is 5.69 Å². The molecule has 3 nitrogen and oxygen atoms in total. The molecule has 1 rings (SSSR count). The summed E-state index contributed by atoms with van der Waals surface area (Å²) in [5, 5.41) is 3.63. The lowest BCUT2D eigenvalue weighted by Crippen LogP contribution is -1.95. The van der Waals surface area contributed by atoms with Crippen LogP contribution < -0.4 is 0 Å². The van der Waals surface area contributed by atoms with Gasteiger partial charge in [-0.05, 0) is 6.07 Å². The summed E-state index contributed by atoms with van der Waals surface area (Å²) in [6.07, 6.45) is 1.16. The summed E-state index contributed by atoms with van der Waals surface area (Å²) in [6, 6.07) is 6.36. The van der Waals surface area contributed by atoms with Gasteiger partial charge < -0.3 is 5.32 Å².